The van der Waals surface area contributed by atoms with E-state index < -0.39 is 10.8 Å². The van der Waals surface area contributed by atoms with Gasteiger partial charge in [0.25, 0.3) is 0 Å². The van der Waals surface area contributed by atoms with Crippen LogP contribution < -0.4 is 5.73 Å². The number of nitrogens with zero attached hydrogens (tertiary/aromatic N) is 1. The van der Waals surface area contributed by atoms with Gasteiger partial charge in [-0.2, -0.15) is 0 Å². The lowest BCUT2D eigenvalue weighted by Gasteiger charge is -2.26. The molecule has 1 rings (SSSR count). The van der Waals surface area contributed by atoms with Crippen LogP contribution in [-0.2, 0) is 10.8 Å². The number of hydrogen-bond donors (Lipinski definition) is 1. The van der Waals surface area contributed by atoms with E-state index in [0.29, 0.717) is 6.04 Å². The van der Waals surface area contributed by atoms with Gasteiger partial charge in [0, 0.05) is 35.4 Å². The lowest BCUT2D eigenvalue weighted by molar-refractivity contribution is 0.253. The van der Waals surface area contributed by atoms with Crippen molar-refractivity contribution in [3.05, 3.63) is 0 Å². The minimum absolute atomic E-state index is 0.414. The van der Waals surface area contributed by atoms with Crippen molar-refractivity contribution in [2.45, 2.75) is 31.7 Å². The molecule has 0 aromatic rings. The van der Waals surface area contributed by atoms with Crippen molar-refractivity contribution in [1.82, 2.24) is 4.90 Å². The Balaban J connectivity index is 2.21. The van der Waals surface area contributed by atoms with Gasteiger partial charge < -0.3 is 10.6 Å². The van der Waals surface area contributed by atoms with Gasteiger partial charge in [-0.1, -0.05) is 0 Å². The van der Waals surface area contributed by atoms with Crippen LogP contribution in [0.15, 0.2) is 0 Å². The molecule has 4 heteroatoms. The average Bonchev–Trinajstić information content (AvgIpc) is 2.08. The van der Waals surface area contributed by atoms with E-state index in [2.05, 4.69) is 4.90 Å². The van der Waals surface area contributed by atoms with Gasteiger partial charge in [-0.3, -0.25) is 4.21 Å². The fourth-order valence-corrected chi connectivity index (χ4v) is 2.41. The van der Waals surface area contributed by atoms with Gasteiger partial charge in [0.2, 0.25) is 0 Å². The standard InChI is InChI=1S/C10H22N2OS/c1-14(13)9-8-12-6-2-4-10(11)5-3-7-12/h10H,2-9,11H2,1H3. The molecule has 0 aromatic carbocycles. The van der Waals surface area contributed by atoms with Crippen LogP contribution in [0.5, 0.6) is 0 Å². The van der Waals surface area contributed by atoms with Crippen molar-refractivity contribution in [2.75, 3.05) is 31.6 Å². The summed E-state index contributed by atoms with van der Waals surface area (Å²) in [7, 11) is -0.651. The predicted octanol–water partition coefficient (Wildman–Crippen LogP) is 0.568. The fourth-order valence-electron chi connectivity index (χ4n) is 1.89. The Morgan fingerprint density at radius 1 is 1.36 bits per heavy atom. The minimum atomic E-state index is -0.651. The molecule has 0 radical (unpaired) electrons. The van der Waals surface area contributed by atoms with E-state index in [4.69, 9.17) is 5.73 Å². The van der Waals surface area contributed by atoms with Crippen LogP contribution in [0, 0.1) is 0 Å². The summed E-state index contributed by atoms with van der Waals surface area (Å²) >= 11 is 0. The van der Waals surface area contributed by atoms with Gasteiger partial charge in [-0.05, 0) is 38.8 Å². The van der Waals surface area contributed by atoms with Crippen LogP contribution in [0.3, 0.4) is 0 Å². The third-order valence-electron chi connectivity index (χ3n) is 2.79. The molecule has 84 valence electrons. The summed E-state index contributed by atoms with van der Waals surface area (Å²) in [4.78, 5) is 2.42. The first kappa shape index (κ1) is 12.1. The molecule has 1 heterocycles. The molecule has 1 unspecified atom stereocenters. The Kier molecular flexibility index (Phi) is 5.67. The van der Waals surface area contributed by atoms with E-state index in [-0.39, 0.29) is 0 Å². The number of likely N-dealkylation sites (tertiary alicyclic amines) is 1. The maximum absolute atomic E-state index is 11.0. The van der Waals surface area contributed by atoms with Crippen LogP contribution in [-0.4, -0.2) is 46.8 Å². The molecule has 0 saturated carbocycles. The second kappa shape index (κ2) is 6.53. The Hall–Kier alpha value is 0.0700. The molecule has 0 bridgehead atoms. The molecule has 3 nitrogen and oxygen atoms in total. The summed E-state index contributed by atoms with van der Waals surface area (Å²) in [6.07, 6.45) is 6.45. The predicted molar refractivity (Wildman–Crippen MR) is 61.8 cm³/mol. The Morgan fingerprint density at radius 3 is 2.43 bits per heavy atom. The van der Waals surface area contributed by atoms with Crippen LogP contribution in [0.4, 0.5) is 0 Å². The average molecular weight is 218 g/mol. The molecule has 1 fully saturated rings. The Morgan fingerprint density at radius 2 is 1.93 bits per heavy atom. The lowest BCUT2D eigenvalue weighted by atomic mass is 10.0. The molecule has 1 aliphatic heterocycles. The van der Waals surface area contributed by atoms with Crippen molar-refractivity contribution in [2.24, 2.45) is 5.73 Å². The zero-order valence-corrected chi connectivity index (χ0v) is 9.89. The highest BCUT2D eigenvalue weighted by Crippen LogP contribution is 2.09. The van der Waals surface area contributed by atoms with E-state index in [1.807, 2.05) is 0 Å². The Labute approximate surface area is 89.5 Å². The molecule has 14 heavy (non-hydrogen) atoms. The molecule has 0 aromatic heterocycles. The lowest BCUT2D eigenvalue weighted by Crippen LogP contribution is -2.34. The summed E-state index contributed by atoms with van der Waals surface area (Å²) in [6, 6.07) is 0.414. The molecule has 0 aliphatic carbocycles. The van der Waals surface area contributed by atoms with Gasteiger partial charge >= 0.3 is 0 Å². The smallest absolute Gasteiger partial charge is 0.0359 e. The van der Waals surface area contributed by atoms with E-state index in [9.17, 15) is 4.21 Å². The maximum atomic E-state index is 11.0. The number of hydrogen-bond acceptors (Lipinski definition) is 3. The molecule has 0 amide bonds. The molecular weight excluding hydrogens is 196 g/mol. The maximum Gasteiger partial charge on any atom is 0.0359 e. The van der Waals surface area contributed by atoms with E-state index in [1.165, 1.54) is 12.8 Å². The molecule has 2 N–H and O–H groups in total. The van der Waals surface area contributed by atoms with Crippen molar-refractivity contribution >= 4 is 10.8 Å². The van der Waals surface area contributed by atoms with Crippen molar-refractivity contribution < 1.29 is 4.21 Å². The van der Waals surface area contributed by atoms with Crippen LogP contribution in [0.25, 0.3) is 0 Å². The normalized spacial score (nSPS) is 24.1. The third kappa shape index (κ3) is 5.08. The summed E-state index contributed by atoms with van der Waals surface area (Å²) in [5, 5.41) is 0. The second-order valence-electron chi connectivity index (χ2n) is 4.16. The van der Waals surface area contributed by atoms with E-state index in [0.717, 1.165) is 38.2 Å². The molecule has 0 spiro atoms. The topological polar surface area (TPSA) is 46.3 Å². The van der Waals surface area contributed by atoms with E-state index >= 15 is 0 Å². The minimum Gasteiger partial charge on any atom is -0.328 e. The summed E-state index contributed by atoms with van der Waals surface area (Å²) < 4.78 is 11.0. The quantitative estimate of drug-likeness (QED) is 0.753. The summed E-state index contributed by atoms with van der Waals surface area (Å²) in [5.74, 6) is 0.812. The first-order valence-corrected chi connectivity index (χ1v) is 7.19. The molecular formula is C10H22N2OS. The van der Waals surface area contributed by atoms with E-state index in [1.54, 1.807) is 6.26 Å². The zero-order chi connectivity index (χ0) is 10.4. The van der Waals surface area contributed by atoms with Crippen LogP contribution in [0.1, 0.15) is 25.7 Å². The summed E-state index contributed by atoms with van der Waals surface area (Å²) in [6.45, 7) is 3.24. The van der Waals surface area contributed by atoms with Gasteiger partial charge in [0.15, 0.2) is 0 Å². The van der Waals surface area contributed by atoms with Crippen molar-refractivity contribution in [3.63, 3.8) is 0 Å². The van der Waals surface area contributed by atoms with Crippen LogP contribution >= 0.6 is 0 Å². The first-order chi connectivity index (χ1) is 6.68. The van der Waals surface area contributed by atoms with Gasteiger partial charge in [0.1, 0.15) is 0 Å². The molecule has 1 aliphatic rings. The number of nitrogens with two attached hydrogens (primary N) is 1. The highest BCUT2D eigenvalue weighted by atomic mass is 32.2. The zero-order valence-electron chi connectivity index (χ0n) is 9.08. The second-order valence-corrected chi connectivity index (χ2v) is 5.72. The van der Waals surface area contributed by atoms with Crippen LogP contribution in [0.2, 0.25) is 0 Å². The summed E-state index contributed by atoms with van der Waals surface area (Å²) in [5.41, 5.74) is 5.90. The largest absolute Gasteiger partial charge is 0.328 e. The highest BCUT2D eigenvalue weighted by Gasteiger charge is 2.11. The van der Waals surface area contributed by atoms with Gasteiger partial charge in [-0.25, -0.2) is 0 Å². The molecule has 1 saturated heterocycles. The first-order valence-electron chi connectivity index (χ1n) is 5.46. The molecule has 1 atom stereocenters. The SMILES string of the molecule is CS(=O)CCN1CCCC(N)CCC1. The highest BCUT2D eigenvalue weighted by molar-refractivity contribution is 7.84. The third-order valence-corrected chi connectivity index (χ3v) is 3.55. The Bertz CT molecular complexity index is 177. The van der Waals surface area contributed by atoms with Crippen molar-refractivity contribution in [3.8, 4) is 0 Å². The van der Waals surface area contributed by atoms with Gasteiger partial charge in [-0.15, -0.1) is 0 Å². The number of rotatable bonds is 3. The monoisotopic (exact) mass is 218 g/mol. The fraction of sp³-hybridized carbons (Fsp3) is 1.00. The van der Waals surface area contributed by atoms with Crippen molar-refractivity contribution in [1.29, 1.82) is 0 Å². The van der Waals surface area contributed by atoms with Gasteiger partial charge in [0.05, 0.1) is 0 Å².